The Labute approximate surface area is 163 Å². The Morgan fingerprint density at radius 1 is 1.21 bits per heavy atom. The smallest absolute Gasteiger partial charge is 0.335 e. The number of hydrogen-bond acceptors (Lipinski definition) is 4. The van der Waals surface area contributed by atoms with Crippen LogP contribution in [0.25, 0.3) is 5.69 Å². The first kappa shape index (κ1) is 18.1. The standard InChI is InChI=1S/C22H23N3O3/c1-28-18-6-4-5-15(13-18)14-20-19-7-2-3-12-23-21(19)25(24-20)17-10-8-16(9-11-17)22(26)27/h4-6,8-11,13,23H,2-3,7,12,14H2,1H3,(H,26,27). The molecule has 0 fully saturated rings. The number of anilines is 1. The van der Waals surface area contributed by atoms with Gasteiger partial charge in [-0.2, -0.15) is 5.10 Å². The van der Waals surface area contributed by atoms with Crippen LogP contribution in [0.2, 0.25) is 0 Å². The molecular formula is C22H23N3O3. The largest absolute Gasteiger partial charge is 0.497 e. The summed E-state index contributed by atoms with van der Waals surface area (Å²) in [5, 5.41) is 17.6. The minimum absolute atomic E-state index is 0.270. The van der Waals surface area contributed by atoms with Gasteiger partial charge in [-0.05, 0) is 61.2 Å². The van der Waals surface area contributed by atoms with Gasteiger partial charge in [0.2, 0.25) is 0 Å². The molecule has 6 heteroatoms. The van der Waals surface area contributed by atoms with Crippen molar-refractivity contribution in [3.8, 4) is 11.4 Å². The van der Waals surface area contributed by atoms with Gasteiger partial charge in [0.15, 0.2) is 0 Å². The van der Waals surface area contributed by atoms with Crippen molar-refractivity contribution in [1.82, 2.24) is 9.78 Å². The van der Waals surface area contributed by atoms with Crippen LogP contribution in [0.15, 0.2) is 48.5 Å². The Morgan fingerprint density at radius 3 is 2.79 bits per heavy atom. The summed E-state index contributed by atoms with van der Waals surface area (Å²) in [5.74, 6) is 0.923. The summed E-state index contributed by atoms with van der Waals surface area (Å²) in [6.45, 7) is 0.907. The van der Waals surface area contributed by atoms with Crippen LogP contribution in [0, 0.1) is 0 Å². The maximum Gasteiger partial charge on any atom is 0.335 e. The van der Waals surface area contributed by atoms with Gasteiger partial charge in [-0.25, -0.2) is 9.48 Å². The summed E-state index contributed by atoms with van der Waals surface area (Å²) in [6.07, 6.45) is 3.94. The molecule has 6 nitrogen and oxygen atoms in total. The molecule has 0 amide bonds. The summed E-state index contributed by atoms with van der Waals surface area (Å²) in [5.41, 5.74) is 4.55. The first-order chi connectivity index (χ1) is 13.7. The van der Waals surface area contributed by atoms with Crippen molar-refractivity contribution in [2.75, 3.05) is 19.0 Å². The molecule has 0 saturated heterocycles. The maximum absolute atomic E-state index is 11.1. The lowest BCUT2D eigenvalue weighted by Crippen LogP contribution is -2.07. The summed E-state index contributed by atoms with van der Waals surface area (Å²) in [4.78, 5) is 11.1. The third-order valence-corrected chi connectivity index (χ3v) is 5.08. The average molecular weight is 377 g/mol. The Balaban J connectivity index is 1.74. The van der Waals surface area contributed by atoms with E-state index in [0.29, 0.717) is 0 Å². The van der Waals surface area contributed by atoms with Gasteiger partial charge in [0, 0.05) is 18.5 Å². The number of ether oxygens (including phenoxy) is 1. The van der Waals surface area contributed by atoms with Crippen molar-refractivity contribution in [1.29, 1.82) is 0 Å². The van der Waals surface area contributed by atoms with Crippen molar-refractivity contribution in [3.05, 3.63) is 70.9 Å². The highest BCUT2D eigenvalue weighted by atomic mass is 16.5. The molecule has 0 saturated carbocycles. The van der Waals surface area contributed by atoms with Gasteiger partial charge in [-0.3, -0.25) is 0 Å². The lowest BCUT2D eigenvalue weighted by molar-refractivity contribution is 0.0697. The van der Waals surface area contributed by atoms with E-state index in [9.17, 15) is 4.79 Å². The fourth-order valence-electron chi connectivity index (χ4n) is 3.62. The number of carboxylic acid groups (broad SMARTS) is 1. The number of hydrogen-bond donors (Lipinski definition) is 2. The van der Waals surface area contributed by atoms with Gasteiger partial charge in [-0.15, -0.1) is 0 Å². The van der Waals surface area contributed by atoms with E-state index in [1.165, 1.54) is 5.56 Å². The molecule has 0 bridgehead atoms. The molecule has 0 radical (unpaired) electrons. The molecular weight excluding hydrogens is 354 g/mol. The zero-order valence-electron chi connectivity index (χ0n) is 15.8. The van der Waals surface area contributed by atoms with Crippen LogP contribution < -0.4 is 10.1 Å². The first-order valence-corrected chi connectivity index (χ1v) is 9.47. The van der Waals surface area contributed by atoms with E-state index in [-0.39, 0.29) is 5.56 Å². The number of aromatic carboxylic acids is 1. The SMILES string of the molecule is COc1cccc(Cc2nn(-c3ccc(C(=O)O)cc3)c3c2CCCCN3)c1. The van der Waals surface area contributed by atoms with Crippen LogP contribution >= 0.6 is 0 Å². The predicted molar refractivity (Wildman–Crippen MR) is 108 cm³/mol. The van der Waals surface area contributed by atoms with E-state index in [4.69, 9.17) is 14.9 Å². The molecule has 4 rings (SSSR count). The number of carboxylic acids is 1. The fraction of sp³-hybridized carbons (Fsp3) is 0.273. The van der Waals surface area contributed by atoms with Crippen LogP contribution in [-0.2, 0) is 12.8 Å². The molecule has 3 aromatic rings. The lowest BCUT2D eigenvalue weighted by atomic mass is 10.0. The maximum atomic E-state index is 11.1. The molecule has 0 aliphatic carbocycles. The van der Waals surface area contributed by atoms with Crippen molar-refractivity contribution in [2.45, 2.75) is 25.7 Å². The number of benzene rings is 2. The molecule has 144 valence electrons. The molecule has 28 heavy (non-hydrogen) atoms. The van der Waals surface area contributed by atoms with E-state index in [1.807, 2.05) is 22.9 Å². The van der Waals surface area contributed by atoms with Gasteiger partial charge >= 0.3 is 5.97 Å². The molecule has 1 aromatic heterocycles. The zero-order valence-corrected chi connectivity index (χ0v) is 15.8. The molecule has 2 aromatic carbocycles. The Morgan fingerprint density at radius 2 is 2.04 bits per heavy atom. The molecule has 1 aliphatic heterocycles. The van der Waals surface area contributed by atoms with Gasteiger partial charge in [0.1, 0.15) is 11.6 Å². The minimum Gasteiger partial charge on any atom is -0.497 e. The molecule has 2 N–H and O–H groups in total. The van der Waals surface area contributed by atoms with E-state index >= 15 is 0 Å². The quantitative estimate of drug-likeness (QED) is 0.705. The normalized spacial score (nSPS) is 13.3. The second-order valence-electron chi connectivity index (χ2n) is 6.95. The average Bonchev–Trinajstić information content (AvgIpc) is 2.89. The number of fused-ring (bicyclic) bond motifs is 1. The highest BCUT2D eigenvalue weighted by Crippen LogP contribution is 2.30. The van der Waals surface area contributed by atoms with Crippen LogP contribution in [0.5, 0.6) is 5.75 Å². The molecule has 2 heterocycles. The Kier molecular flexibility index (Phi) is 5.02. The predicted octanol–water partition coefficient (Wildman–Crippen LogP) is 3.92. The molecule has 1 aliphatic rings. The topological polar surface area (TPSA) is 76.4 Å². The van der Waals surface area contributed by atoms with Gasteiger partial charge < -0.3 is 15.2 Å². The van der Waals surface area contributed by atoms with E-state index in [2.05, 4.69) is 11.4 Å². The number of rotatable bonds is 5. The number of carbonyl (C=O) groups is 1. The Hall–Kier alpha value is -3.28. The monoisotopic (exact) mass is 377 g/mol. The third kappa shape index (κ3) is 3.58. The lowest BCUT2D eigenvalue weighted by Gasteiger charge is -2.09. The van der Waals surface area contributed by atoms with Gasteiger partial charge in [0.25, 0.3) is 0 Å². The summed E-state index contributed by atoms with van der Waals surface area (Å²) < 4.78 is 7.25. The van der Waals surface area contributed by atoms with Crippen molar-refractivity contribution < 1.29 is 14.6 Å². The number of nitrogens with zero attached hydrogens (tertiary/aromatic N) is 2. The third-order valence-electron chi connectivity index (χ3n) is 5.08. The highest BCUT2D eigenvalue weighted by molar-refractivity contribution is 5.87. The zero-order chi connectivity index (χ0) is 19.5. The van der Waals surface area contributed by atoms with Crippen LogP contribution in [-0.4, -0.2) is 34.5 Å². The molecule has 0 unspecified atom stereocenters. The number of nitrogens with one attached hydrogen (secondary N) is 1. The van der Waals surface area contributed by atoms with E-state index < -0.39 is 5.97 Å². The second-order valence-corrected chi connectivity index (χ2v) is 6.95. The van der Waals surface area contributed by atoms with E-state index in [0.717, 1.165) is 60.7 Å². The minimum atomic E-state index is -0.928. The highest BCUT2D eigenvalue weighted by Gasteiger charge is 2.21. The van der Waals surface area contributed by atoms with Crippen LogP contribution in [0.1, 0.15) is 40.0 Å². The summed E-state index contributed by atoms with van der Waals surface area (Å²) in [7, 11) is 1.67. The number of aromatic nitrogens is 2. The van der Waals surface area contributed by atoms with E-state index in [1.54, 1.807) is 31.4 Å². The summed E-state index contributed by atoms with van der Waals surface area (Å²) >= 11 is 0. The van der Waals surface area contributed by atoms with Crippen LogP contribution in [0.3, 0.4) is 0 Å². The summed E-state index contributed by atoms with van der Waals surface area (Å²) in [6, 6.07) is 14.9. The van der Waals surface area contributed by atoms with Crippen LogP contribution in [0.4, 0.5) is 5.82 Å². The van der Waals surface area contributed by atoms with Gasteiger partial charge in [-0.1, -0.05) is 12.1 Å². The Bertz CT molecular complexity index is 993. The number of methoxy groups -OCH3 is 1. The van der Waals surface area contributed by atoms with Crippen molar-refractivity contribution in [2.24, 2.45) is 0 Å². The van der Waals surface area contributed by atoms with Crippen molar-refractivity contribution >= 4 is 11.8 Å². The van der Waals surface area contributed by atoms with Gasteiger partial charge in [0.05, 0.1) is 24.1 Å². The van der Waals surface area contributed by atoms with Crippen molar-refractivity contribution in [3.63, 3.8) is 0 Å². The molecule has 0 atom stereocenters. The fourth-order valence-corrected chi connectivity index (χ4v) is 3.62. The molecule has 0 spiro atoms. The second kappa shape index (κ2) is 7.76. The first-order valence-electron chi connectivity index (χ1n) is 9.47.